The SMILES string of the molecule is CCOc1ccc(Br)cc1S(=O)(=O)NCc1nccc(N2CCCCC2)n1. The van der Waals surface area contributed by atoms with Gasteiger partial charge in [-0.05, 0) is 50.5 Å². The Kier molecular flexibility index (Phi) is 6.67. The summed E-state index contributed by atoms with van der Waals surface area (Å²) in [6.07, 6.45) is 5.21. The van der Waals surface area contributed by atoms with Gasteiger partial charge in [-0.25, -0.2) is 23.1 Å². The second-order valence-electron chi connectivity index (χ2n) is 6.23. The van der Waals surface area contributed by atoms with Crippen LogP contribution in [0, 0.1) is 0 Å². The predicted molar refractivity (Wildman–Crippen MR) is 107 cm³/mol. The molecule has 3 rings (SSSR count). The van der Waals surface area contributed by atoms with Crippen molar-refractivity contribution in [2.75, 3.05) is 24.6 Å². The molecule has 27 heavy (non-hydrogen) atoms. The molecule has 2 aromatic rings. The molecule has 1 saturated heterocycles. The largest absolute Gasteiger partial charge is 0.492 e. The molecule has 146 valence electrons. The van der Waals surface area contributed by atoms with Crippen molar-refractivity contribution in [3.63, 3.8) is 0 Å². The van der Waals surface area contributed by atoms with E-state index in [0.717, 1.165) is 31.7 Å². The van der Waals surface area contributed by atoms with Gasteiger partial charge in [-0.1, -0.05) is 15.9 Å². The number of piperidine rings is 1. The van der Waals surface area contributed by atoms with Crippen LogP contribution in [0.1, 0.15) is 32.0 Å². The summed E-state index contributed by atoms with van der Waals surface area (Å²) in [4.78, 5) is 11.0. The number of nitrogens with zero attached hydrogens (tertiary/aromatic N) is 3. The van der Waals surface area contributed by atoms with Gasteiger partial charge in [-0.2, -0.15) is 0 Å². The van der Waals surface area contributed by atoms with Gasteiger partial charge in [0.2, 0.25) is 10.0 Å². The van der Waals surface area contributed by atoms with Crippen LogP contribution in [0.4, 0.5) is 5.82 Å². The van der Waals surface area contributed by atoms with Crippen molar-refractivity contribution in [2.24, 2.45) is 0 Å². The molecule has 0 bridgehead atoms. The Morgan fingerprint density at radius 2 is 2.00 bits per heavy atom. The van der Waals surface area contributed by atoms with Gasteiger partial charge in [0.05, 0.1) is 13.2 Å². The number of hydrogen-bond acceptors (Lipinski definition) is 6. The minimum atomic E-state index is -3.77. The van der Waals surface area contributed by atoms with Crippen LogP contribution in [0.15, 0.2) is 39.8 Å². The van der Waals surface area contributed by atoms with Crippen LogP contribution >= 0.6 is 15.9 Å². The van der Waals surface area contributed by atoms with Gasteiger partial charge < -0.3 is 9.64 Å². The van der Waals surface area contributed by atoms with Crippen LogP contribution in [0.3, 0.4) is 0 Å². The molecular weight excluding hydrogens is 432 g/mol. The highest BCUT2D eigenvalue weighted by molar-refractivity contribution is 9.10. The third-order valence-corrected chi connectivity index (χ3v) is 6.20. The van der Waals surface area contributed by atoms with Crippen LogP contribution in [-0.4, -0.2) is 38.1 Å². The van der Waals surface area contributed by atoms with E-state index in [2.05, 4.69) is 35.5 Å². The van der Waals surface area contributed by atoms with Crippen molar-refractivity contribution in [1.82, 2.24) is 14.7 Å². The molecule has 7 nitrogen and oxygen atoms in total. The Bertz CT molecular complexity index is 886. The summed E-state index contributed by atoms with van der Waals surface area (Å²) in [6.45, 7) is 4.15. The number of benzene rings is 1. The third-order valence-electron chi connectivity index (χ3n) is 4.29. The van der Waals surface area contributed by atoms with Crippen molar-refractivity contribution in [3.8, 4) is 5.75 Å². The van der Waals surface area contributed by atoms with Gasteiger partial charge >= 0.3 is 0 Å². The molecule has 1 aromatic heterocycles. The van der Waals surface area contributed by atoms with Crippen LogP contribution < -0.4 is 14.4 Å². The molecule has 9 heteroatoms. The molecule has 0 radical (unpaired) electrons. The second-order valence-corrected chi connectivity index (χ2v) is 8.88. The number of aromatic nitrogens is 2. The van der Waals surface area contributed by atoms with Crippen LogP contribution in [0.5, 0.6) is 5.75 Å². The van der Waals surface area contributed by atoms with Crippen molar-refractivity contribution in [2.45, 2.75) is 37.6 Å². The maximum atomic E-state index is 12.8. The molecule has 1 aromatic carbocycles. The number of halogens is 1. The molecule has 0 spiro atoms. The van der Waals surface area contributed by atoms with E-state index in [1.54, 1.807) is 18.3 Å². The highest BCUT2D eigenvalue weighted by atomic mass is 79.9. The van der Waals surface area contributed by atoms with E-state index < -0.39 is 10.0 Å². The second kappa shape index (κ2) is 8.99. The van der Waals surface area contributed by atoms with Crippen LogP contribution in [0.25, 0.3) is 0 Å². The molecular formula is C18H23BrN4O3S. The molecule has 0 aliphatic carbocycles. The van der Waals surface area contributed by atoms with Gasteiger partial charge in [0.25, 0.3) is 0 Å². The lowest BCUT2D eigenvalue weighted by Crippen LogP contribution is -2.31. The lowest BCUT2D eigenvalue weighted by atomic mass is 10.1. The number of anilines is 1. The van der Waals surface area contributed by atoms with Crippen molar-refractivity contribution in [1.29, 1.82) is 0 Å². The zero-order valence-corrected chi connectivity index (χ0v) is 17.6. The molecule has 0 amide bonds. The summed E-state index contributed by atoms with van der Waals surface area (Å²) >= 11 is 3.31. The van der Waals surface area contributed by atoms with Crippen molar-refractivity contribution in [3.05, 3.63) is 40.8 Å². The van der Waals surface area contributed by atoms with E-state index >= 15 is 0 Å². The zero-order chi connectivity index (χ0) is 19.3. The van der Waals surface area contributed by atoms with Crippen LogP contribution in [0.2, 0.25) is 0 Å². The Hall–Kier alpha value is -1.71. The van der Waals surface area contributed by atoms with E-state index in [1.807, 2.05) is 13.0 Å². The first-order valence-electron chi connectivity index (χ1n) is 8.98. The van der Waals surface area contributed by atoms with E-state index in [9.17, 15) is 8.42 Å². The number of hydrogen-bond donors (Lipinski definition) is 1. The molecule has 1 aliphatic heterocycles. The quantitative estimate of drug-likeness (QED) is 0.691. The predicted octanol–water partition coefficient (Wildman–Crippen LogP) is 3.11. The average Bonchev–Trinajstić information content (AvgIpc) is 2.69. The fourth-order valence-corrected chi connectivity index (χ4v) is 4.64. The highest BCUT2D eigenvalue weighted by Gasteiger charge is 2.21. The Morgan fingerprint density at radius 1 is 1.22 bits per heavy atom. The van der Waals surface area contributed by atoms with Crippen molar-refractivity contribution >= 4 is 31.8 Å². The number of rotatable bonds is 7. The number of ether oxygens (including phenoxy) is 1. The van der Waals surface area contributed by atoms with E-state index in [1.165, 1.54) is 12.5 Å². The lowest BCUT2D eigenvalue weighted by Gasteiger charge is -2.27. The minimum absolute atomic E-state index is 0.0160. The monoisotopic (exact) mass is 454 g/mol. The molecule has 2 heterocycles. The van der Waals surface area contributed by atoms with Gasteiger partial charge in [-0.15, -0.1) is 0 Å². The third kappa shape index (κ3) is 5.18. The van der Waals surface area contributed by atoms with Gasteiger partial charge in [-0.3, -0.25) is 0 Å². The van der Waals surface area contributed by atoms with Gasteiger partial charge in [0, 0.05) is 23.8 Å². The van der Waals surface area contributed by atoms with E-state index in [4.69, 9.17) is 4.74 Å². The maximum Gasteiger partial charge on any atom is 0.244 e. The van der Waals surface area contributed by atoms with Gasteiger partial charge in [0.15, 0.2) is 0 Å². The zero-order valence-electron chi connectivity index (χ0n) is 15.2. The first-order valence-corrected chi connectivity index (χ1v) is 11.3. The van der Waals surface area contributed by atoms with Gasteiger partial charge in [0.1, 0.15) is 22.3 Å². The molecule has 1 N–H and O–H groups in total. The fraction of sp³-hybridized carbons (Fsp3) is 0.444. The number of sulfonamides is 1. The summed E-state index contributed by atoms with van der Waals surface area (Å²) < 4.78 is 34.2. The fourth-order valence-electron chi connectivity index (χ4n) is 2.98. The standard InChI is InChI=1S/C18H23BrN4O3S/c1-2-26-15-7-6-14(19)12-16(15)27(24,25)21-13-17-20-9-8-18(22-17)23-10-4-3-5-11-23/h6-9,12,21H,2-5,10-11,13H2,1H3. The Labute approximate surface area is 168 Å². The average molecular weight is 455 g/mol. The summed E-state index contributed by atoms with van der Waals surface area (Å²) in [5, 5.41) is 0. The van der Waals surface area contributed by atoms with Crippen molar-refractivity contribution < 1.29 is 13.2 Å². The lowest BCUT2D eigenvalue weighted by molar-refractivity contribution is 0.331. The molecule has 1 fully saturated rings. The highest BCUT2D eigenvalue weighted by Crippen LogP contribution is 2.27. The van der Waals surface area contributed by atoms with E-state index in [0.29, 0.717) is 22.7 Å². The smallest absolute Gasteiger partial charge is 0.244 e. The summed E-state index contributed by atoms with van der Waals surface area (Å²) in [5.74, 6) is 1.60. The summed E-state index contributed by atoms with van der Waals surface area (Å²) in [7, 11) is -3.77. The maximum absolute atomic E-state index is 12.8. The normalized spacial score (nSPS) is 15.0. The molecule has 0 unspecified atom stereocenters. The van der Waals surface area contributed by atoms with E-state index in [-0.39, 0.29) is 11.4 Å². The summed E-state index contributed by atoms with van der Waals surface area (Å²) in [5.41, 5.74) is 0. The Morgan fingerprint density at radius 3 is 2.74 bits per heavy atom. The first-order chi connectivity index (χ1) is 13.0. The first kappa shape index (κ1) is 20.0. The minimum Gasteiger partial charge on any atom is -0.492 e. The number of nitrogens with one attached hydrogen (secondary N) is 1. The van der Waals surface area contributed by atoms with Crippen LogP contribution in [-0.2, 0) is 16.6 Å². The Balaban J connectivity index is 1.75. The summed E-state index contributed by atoms with van der Waals surface area (Å²) in [6, 6.07) is 6.77. The molecule has 0 saturated carbocycles. The molecule has 1 aliphatic rings. The molecule has 0 atom stereocenters. The topological polar surface area (TPSA) is 84.4 Å².